The van der Waals surface area contributed by atoms with Crippen molar-refractivity contribution in [3.05, 3.63) is 53.7 Å². The lowest BCUT2D eigenvalue weighted by Gasteiger charge is -2.25. The molecular formula is C27H29N3O2S. The third-order valence-corrected chi connectivity index (χ3v) is 8.09. The predicted molar refractivity (Wildman–Crippen MR) is 136 cm³/mol. The third-order valence-electron chi connectivity index (χ3n) is 6.84. The van der Waals surface area contributed by atoms with Gasteiger partial charge in [0.2, 0.25) is 0 Å². The standard InChI is InChI=1S/C27H29N3O2S/c1-2-22-23(20-14-8-12-18-11-6-7-13-19(18)20)24-25(28-16-29-26(24)33-22)30-21(27(31)32)15-17-9-4-3-5-10-17/h6-8,11-14,16-17,21H,2-5,9-10,15H2,1H3,(H,31,32)(H,28,29,30). The summed E-state index contributed by atoms with van der Waals surface area (Å²) >= 11 is 1.67. The fourth-order valence-electron chi connectivity index (χ4n) is 5.21. The van der Waals surface area contributed by atoms with Gasteiger partial charge in [-0.05, 0) is 35.1 Å². The first kappa shape index (κ1) is 21.8. The van der Waals surface area contributed by atoms with Gasteiger partial charge in [-0.1, -0.05) is 81.5 Å². The number of hydrogen-bond donors (Lipinski definition) is 2. The number of fused-ring (bicyclic) bond motifs is 2. The minimum Gasteiger partial charge on any atom is -0.480 e. The first-order chi connectivity index (χ1) is 16.2. The molecule has 2 N–H and O–H groups in total. The topological polar surface area (TPSA) is 75.1 Å². The number of anilines is 1. The number of rotatable bonds is 7. The molecule has 0 aliphatic heterocycles. The smallest absolute Gasteiger partial charge is 0.326 e. The number of thiophene rings is 1. The molecule has 0 radical (unpaired) electrons. The van der Waals surface area contributed by atoms with Gasteiger partial charge >= 0.3 is 5.97 Å². The summed E-state index contributed by atoms with van der Waals surface area (Å²) in [6, 6.07) is 14.1. The number of hydrogen-bond acceptors (Lipinski definition) is 5. The molecule has 2 aromatic carbocycles. The van der Waals surface area contributed by atoms with Crippen LogP contribution in [-0.2, 0) is 11.2 Å². The maximum atomic E-state index is 12.2. The molecule has 2 heterocycles. The van der Waals surface area contributed by atoms with Crippen molar-refractivity contribution in [1.29, 1.82) is 0 Å². The van der Waals surface area contributed by atoms with Crippen LogP contribution in [0.4, 0.5) is 5.82 Å². The summed E-state index contributed by atoms with van der Waals surface area (Å²) in [5.74, 6) is 0.267. The summed E-state index contributed by atoms with van der Waals surface area (Å²) in [4.78, 5) is 23.5. The number of aliphatic carboxylic acids is 1. The van der Waals surface area contributed by atoms with E-state index in [1.165, 1.54) is 34.9 Å². The van der Waals surface area contributed by atoms with E-state index < -0.39 is 12.0 Å². The van der Waals surface area contributed by atoms with Crippen LogP contribution >= 0.6 is 11.3 Å². The molecule has 2 aromatic heterocycles. The predicted octanol–water partition coefficient (Wildman–Crippen LogP) is 6.91. The van der Waals surface area contributed by atoms with Crippen LogP contribution in [0.2, 0.25) is 0 Å². The van der Waals surface area contributed by atoms with Crippen molar-refractivity contribution in [3.63, 3.8) is 0 Å². The Morgan fingerprint density at radius 3 is 2.70 bits per heavy atom. The van der Waals surface area contributed by atoms with Crippen molar-refractivity contribution in [2.24, 2.45) is 5.92 Å². The Morgan fingerprint density at radius 2 is 1.91 bits per heavy atom. The first-order valence-corrected chi connectivity index (χ1v) is 12.7. The molecule has 33 heavy (non-hydrogen) atoms. The first-order valence-electron chi connectivity index (χ1n) is 11.9. The van der Waals surface area contributed by atoms with E-state index >= 15 is 0 Å². The Balaban J connectivity index is 1.62. The normalized spacial score (nSPS) is 15.7. The average molecular weight is 460 g/mol. The van der Waals surface area contributed by atoms with Gasteiger partial charge < -0.3 is 10.4 Å². The van der Waals surface area contributed by atoms with Crippen molar-refractivity contribution in [3.8, 4) is 11.1 Å². The van der Waals surface area contributed by atoms with Gasteiger partial charge in [0.25, 0.3) is 0 Å². The monoisotopic (exact) mass is 459 g/mol. The molecule has 6 heteroatoms. The SMILES string of the molecule is CCc1sc2ncnc(NC(CC3CCCCC3)C(=O)O)c2c1-c1cccc2ccccc12. The van der Waals surface area contributed by atoms with E-state index in [1.807, 2.05) is 0 Å². The molecule has 1 fully saturated rings. The highest BCUT2D eigenvalue weighted by molar-refractivity contribution is 7.19. The number of aryl methyl sites for hydroxylation is 1. The van der Waals surface area contributed by atoms with E-state index in [9.17, 15) is 9.90 Å². The van der Waals surface area contributed by atoms with Gasteiger partial charge in [0.1, 0.15) is 23.0 Å². The average Bonchev–Trinajstić information content (AvgIpc) is 3.23. The molecule has 0 bridgehead atoms. The van der Waals surface area contributed by atoms with Gasteiger partial charge in [-0.15, -0.1) is 11.3 Å². The summed E-state index contributed by atoms with van der Waals surface area (Å²) in [5, 5.41) is 16.6. The number of aromatic nitrogens is 2. The van der Waals surface area contributed by atoms with Crippen molar-refractivity contribution in [1.82, 2.24) is 9.97 Å². The Kier molecular flexibility index (Phi) is 6.27. The second-order valence-electron chi connectivity index (χ2n) is 8.96. The molecule has 1 aliphatic rings. The van der Waals surface area contributed by atoms with Crippen molar-refractivity contribution >= 4 is 44.1 Å². The van der Waals surface area contributed by atoms with E-state index in [1.54, 1.807) is 17.7 Å². The van der Waals surface area contributed by atoms with Crippen molar-refractivity contribution in [2.45, 2.75) is 57.9 Å². The highest BCUT2D eigenvalue weighted by atomic mass is 32.1. The van der Waals surface area contributed by atoms with E-state index in [4.69, 9.17) is 0 Å². The van der Waals surface area contributed by atoms with E-state index in [0.717, 1.165) is 40.6 Å². The van der Waals surface area contributed by atoms with Gasteiger partial charge in [0.05, 0.1) is 5.39 Å². The maximum Gasteiger partial charge on any atom is 0.326 e. The summed E-state index contributed by atoms with van der Waals surface area (Å²) < 4.78 is 0. The molecule has 0 amide bonds. The van der Waals surface area contributed by atoms with Crippen LogP contribution in [0.15, 0.2) is 48.8 Å². The lowest BCUT2D eigenvalue weighted by molar-refractivity contribution is -0.138. The molecule has 1 unspecified atom stereocenters. The summed E-state index contributed by atoms with van der Waals surface area (Å²) in [6.07, 6.45) is 8.95. The van der Waals surface area contributed by atoms with Crippen LogP contribution in [0.5, 0.6) is 0 Å². The van der Waals surface area contributed by atoms with Crippen molar-refractivity contribution < 1.29 is 9.90 Å². The summed E-state index contributed by atoms with van der Waals surface area (Å²) in [6.45, 7) is 2.16. The second kappa shape index (κ2) is 9.48. The van der Waals surface area contributed by atoms with E-state index in [2.05, 4.69) is 64.7 Å². The van der Waals surface area contributed by atoms with Crippen LogP contribution in [0.25, 0.3) is 32.1 Å². The molecule has 5 rings (SSSR count). The molecule has 170 valence electrons. The number of benzene rings is 2. The lowest BCUT2D eigenvalue weighted by Crippen LogP contribution is -2.32. The zero-order chi connectivity index (χ0) is 22.8. The number of nitrogens with one attached hydrogen (secondary N) is 1. The summed E-state index contributed by atoms with van der Waals surface area (Å²) in [5.41, 5.74) is 2.27. The van der Waals surface area contributed by atoms with Gasteiger partial charge in [0.15, 0.2) is 0 Å². The third kappa shape index (κ3) is 4.32. The van der Waals surface area contributed by atoms with E-state index in [-0.39, 0.29) is 0 Å². The number of carboxylic acids is 1. The lowest BCUT2D eigenvalue weighted by atomic mass is 9.85. The molecular weight excluding hydrogens is 430 g/mol. The quantitative estimate of drug-likeness (QED) is 0.314. The zero-order valence-corrected chi connectivity index (χ0v) is 19.7. The molecule has 1 atom stereocenters. The molecule has 0 saturated heterocycles. The largest absolute Gasteiger partial charge is 0.480 e. The highest BCUT2D eigenvalue weighted by Crippen LogP contribution is 2.43. The Hall–Kier alpha value is -2.99. The van der Waals surface area contributed by atoms with Crippen LogP contribution < -0.4 is 5.32 Å². The van der Waals surface area contributed by atoms with Crippen LogP contribution in [0.1, 0.15) is 50.3 Å². The number of carboxylic acid groups (broad SMARTS) is 1. The Labute approximate surface area is 197 Å². The molecule has 1 aliphatic carbocycles. The van der Waals surface area contributed by atoms with Crippen LogP contribution in [-0.4, -0.2) is 27.1 Å². The fraction of sp³-hybridized carbons (Fsp3) is 0.370. The molecule has 1 saturated carbocycles. The van der Waals surface area contributed by atoms with Gasteiger partial charge in [-0.3, -0.25) is 0 Å². The van der Waals surface area contributed by atoms with E-state index in [0.29, 0.717) is 18.2 Å². The zero-order valence-electron chi connectivity index (χ0n) is 18.9. The van der Waals surface area contributed by atoms with Crippen LogP contribution in [0, 0.1) is 5.92 Å². The molecule has 0 spiro atoms. The Morgan fingerprint density at radius 1 is 1.12 bits per heavy atom. The molecule has 4 aromatic rings. The number of nitrogens with zero attached hydrogens (tertiary/aromatic N) is 2. The van der Waals surface area contributed by atoms with Gasteiger partial charge in [0, 0.05) is 10.4 Å². The minimum atomic E-state index is -0.815. The van der Waals surface area contributed by atoms with Crippen molar-refractivity contribution in [2.75, 3.05) is 5.32 Å². The fourth-order valence-corrected chi connectivity index (χ4v) is 6.30. The number of carbonyl (C=O) groups is 1. The second-order valence-corrected chi connectivity index (χ2v) is 10.0. The van der Waals surface area contributed by atoms with Gasteiger partial charge in [-0.2, -0.15) is 0 Å². The molecule has 5 nitrogen and oxygen atoms in total. The minimum absolute atomic E-state index is 0.455. The van der Waals surface area contributed by atoms with Gasteiger partial charge in [-0.25, -0.2) is 14.8 Å². The Bertz CT molecular complexity index is 1290. The van der Waals surface area contributed by atoms with Crippen LogP contribution in [0.3, 0.4) is 0 Å². The summed E-state index contributed by atoms with van der Waals surface area (Å²) in [7, 11) is 0. The maximum absolute atomic E-state index is 12.2. The highest BCUT2D eigenvalue weighted by Gasteiger charge is 2.27.